The molecule has 0 heterocycles. The van der Waals surface area contributed by atoms with Crippen LogP contribution in [0.25, 0.3) is 0 Å². The minimum atomic E-state index is -0.831. The summed E-state index contributed by atoms with van der Waals surface area (Å²) < 4.78 is 0. The van der Waals surface area contributed by atoms with Gasteiger partial charge >= 0.3 is 0 Å². The predicted octanol–water partition coefficient (Wildman–Crippen LogP) is 6.42. The van der Waals surface area contributed by atoms with Crippen LogP contribution in [0.3, 0.4) is 0 Å². The molecule has 3 heteroatoms. The Morgan fingerprint density at radius 2 is 1.05 bits per heavy atom. The predicted molar refractivity (Wildman–Crippen MR) is 100.0 cm³/mol. The van der Waals surface area contributed by atoms with Crippen molar-refractivity contribution in [2.75, 3.05) is 0 Å². The van der Waals surface area contributed by atoms with Gasteiger partial charge in [-0.25, -0.2) is 0 Å². The van der Waals surface area contributed by atoms with Gasteiger partial charge in [-0.1, -0.05) is 86.9 Å². The van der Waals surface area contributed by atoms with Crippen LogP contribution in [-0.2, 0) is 25.8 Å². The summed E-state index contributed by atoms with van der Waals surface area (Å²) in [5, 5.41) is 0. The monoisotopic (exact) mass is 484 g/mol. The van der Waals surface area contributed by atoms with Crippen LogP contribution in [0.15, 0.2) is 47.6 Å². The molecule has 0 nitrogen and oxygen atoms in total. The van der Waals surface area contributed by atoms with E-state index in [0.717, 1.165) is 0 Å². The number of hydrogen-bond donors (Lipinski definition) is 0. The molecule has 0 unspecified atom stereocenters. The third-order valence-corrected chi connectivity index (χ3v) is 6.24. The smallest absolute Gasteiger partial charge is 0.0483 e. The standard InChI is InChI=1S/2C9H16Si.Hf/c2*1-10(2,3)8-9-6-4-5-7-9;/h2*4-6H,7-8H2,1-3H3;. The molecule has 0 aliphatic heterocycles. The maximum Gasteiger partial charge on any atom is 0.0483 e. The van der Waals surface area contributed by atoms with Crippen molar-refractivity contribution in [1.82, 2.24) is 0 Å². The Morgan fingerprint density at radius 3 is 1.24 bits per heavy atom. The molecule has 21 heavy (non-hydrogen) atoms. The molecule has 2 aliphatic rings. The molecule has 0 bridgehead atoms. The van der Waals surface area contributed by atoms with Crippen molar-refractivity contribution in [2.24, 2.45) is 0 Å². The van der Waals surface area contributed by atoms with E-state index in [9.17, 15) is 0 Å². The summed E-state index contributed by atoms with van der Waals surface area (Å²) >= 11 is 0. The summed E-state index contributed by atoms with van der Waals surface area (Å²) in [4.78, 5) is 0. The van der Waals surface area contributed by atoms with Crippen LogP contribution in [-0.4, -0.2) is 16.1 Å². The fraction of sp³-hybridized carbons (Fsp3) is 0.556. The first-order valence-electron chi connectivity index (χ1n) is 7.85. The Morgan fingerprint density at radius 1 is 0.714 bits per heavy atom. The van der Waals surface area contributed by atoms with Gasteiger partial charge in [-0.05, 0) is 24.9 Å². The number of hydrogen-bond acceptors (Lipinski definition) is 0. The first-order valence-corrected chi connectivity index (χ1v) is 15.3. The second kappa shape index (κ2) is 9.41. The van der Waals surface area contributed by atoms with E-state index in [-0.39, 0.29) is 25.8 Å². The molecule has 2 aliphatic carbocycles. The van der Waals surface area contributed by atoms with Crippen LogP contribution in [0, 0.1) is 0 Å². The summed E-state index contributed by atoms with van der Waals surface area (Å²) in [6, 6.07) is 2.75. The van der Waals surface area contributed by atoms with Crippen LogP contribution in [0.1, 0.15) is 12.8 Å². The molecule has 2 rings (SSSR count). The van der Waals surface area contributed by atoms with Gasteiger partial charge in [0.25, 0.3) is 0 Å². The van der Waals surface area contributed by atoms with Gasteiger partial charge in [0, 0.05) is 42.0 Å². The molecule has 0 radical (unpaired) electrons. The van der Waals surface area contributed by atoms with Crippen molar-refractivity contribution >= 4 is 16.1 Å². The molecule has 0 fully saturated rings. The summed E-state index contributed by atoms with van der Waals surface area (Å²) in [6.45, 7) is 14.5. The van der Waals surface area contributed by atoms with Crippen molar-refractivity contribution in [3.63, 3.8) is 0 Å². The van der Waals surface area contributed by atoms with E-state index in [2.05, 4.69) is 75.7 Å². The van der Waals surface area contributed by atoms with Gasteiger partial charge in [0.1, 0.15) is 0 Å². The third kappa shape index (κ3) is 11.5. The third-order valence-electron chi connectivity index (χ3n) is 3.21. The van der Waals surface area contributed by atoms with Crippen LogP contribution in [0.5, 0.6) is 0 Å². The normalized spacial score (nSPS) is 16.9. The molecular formula is C18H32HfSi2. The zero-order valence-corrected chi connectivity index (χ0v) is 20.4. The van der Waals surface area contributed by atoms with E-state index in [1.807, 2.05) is 0 Å². The van der Waals surface area contributed by atoms with Gasteiger partial charge in [-0.2, -0.15) is 0 Å². The molecule has 0 aromatic rings. The molecule has 0 spiro atoms. The molecule has 0 saturated heterocycles. The average molecular weight is 483 g/mol. The second-order valence-electron chi connectivity index (χ2n) is 8.39. The quantitative estimate of drug-likeness (QED) is 0.405. The molecule has 0 aromatic heterocycles. The maximum atomic E-state index is 2.42. The summed E-state index contributed by atoms with van der Waals surface area (Å²) in [7, 11) is -1.66. The number of rotatable bonds is 4. The molecule has 0 aromatic carbocycles. The first kappa shape index (κ1) is 21.3. The Labute approximate surface area is 153 Å². The summed E-state index contributed by atoms with van der Waals surface area (Å²) in [5.41, 5.74) is 3.28. The minimum Gasteiger partial charge on any atom is -0.0805 e. The molecule has 116 valence electrons. The zero-order chi connectivity index (χ0) is 15.2. The van der Waals surface area contributed by atoms with Crippen LogP contribution < -0.4 is 0 Å². The molecule has 0 atom stereocenters. The van der Waals surface area contributed by atoms with Crippen molar-refractivity contribution in [3.05, 3.63) is 47.6 Å². The van der Waals surface area contributed by atoms with Gasteiger partial charge in [0.05, 0.1) is 0 Å². The topological polar surface area (TPSA) is 0 Å². The van der Waals surface area contributed by atoms with E-state index in [1.54, 1.807) is 11.1 Å². The first-order chi connectivity index (χ1) is 9.16. The van der Waals surface area contributed by atoms with Crippen molar-refractivity contribution in [1.29, 1.82) is 0 Å². The Balaban J connectivity index is 0.000000364. The van der Waals surface area contributed by atoms with Crippen molar-refractivity contribution in [2.45, 2.75) is 64.2 Å². The molecule has 0 amide bonds. The van der Waals surface area contributed by atoms with Gasteiger partial charge in [-0.3, -0.25) is 0 Å². The van der Waals surface area contributed by atoms with Crippen LogP contribution >= 0.6 is 0 Å². The van der Waals surface area contributed by atoms with E-state index < -0.39 is 16.1 Å². The Bertz CT molecular complexity index is 387. The molecule has 0 N–H and O–H groups in total. The van der Waals surface area contributed by atoms with E-state index >= 15 is 0 Å². The van der Waals surface area contributed by atoms with Gasteiger partial charge < -0.3 is 0 Å². The van der Waals surface area contributed by atoms with E-state index in [4.69, 9.17) is 0 Å². The van der Waals surface area contributed by atoms with Crippen LogP contribution in [0.2, 0.25) is 51.4 Å². The molecule has 0 saturated carbocycles. The van der Waals surface area contributed by atoms with E-state index in [1.165, 1.54) is 24.9 Å². The fourth-order valence-corrected chi connectivity index (χ4v) is 5.86. The molecular weight excluding hydrogens is 451 g/mol. The largest absolute Gasteiger partial charge is 0.0805 e. The van der Waals surface area contributed by atoms with E-state index in [0.29, 0.717) is 0 Å². The fourth-order valence-electron chi connectivity index (χ4n) is 2.61. The maximum absolute atomic E-state index is 2.42. The summed E-state index contributed by atoms with van der Waals surface area (Å²) in [6.07, 6.45) is 15.8. The zero-order valence-electron chi connectivity index (χ0n) is 14.8. The summed E-state index contributed by atoms with van der Waals surface area (Å²) in [5.74, 6) is 0. The van der Waals surface area contributed by atoms with Gasteiger partial charge in [-0.15, -0.1) is 0 Å². The van der Waals surface area contributed by atoms with Gasteiger partial charge in [0.2, 0.25) is 0 Å². The minimum absolute atomic E-state index is 0. The average Bonchev–Trinajstić information content (AvgIpc) is 2.87. The second-order valence-corrected chi connectivity index (χ2v) is 19.3. The SMILES string of the molecule is C[Si](C)(C)CC1=CC=CC1.C[Si](C)(C)CC1=CC=CC1.[Hf]. The van der Waals surface area contributed by atoms with Gasteiger partial charge in [0.15, 0.2) is 0 Å². The number of allylic oxidation sites excluding steroid dienone is 8. The van der Waals surface area contributed by atoms with Crippen LogP contribution in [0.4, 0.5) is 0 Å². The Hall–Kier alpha value is 0.264. The Kier molecular flexibility index (Phi) is 9.53. The van der Waals surface area contributed by atoms with Crippen molar-refractivity contribution < 1.29 is 25.8 Å². The van der Waals surface area contributed by atoms with Crippen molar-refractivity contribution in [3.8, 4) is 0 Å².